The molecule has 0 atom stereocenters. The first-order valence-electron chi connectivity index (χ1n) is 4.84. The third-order valence-electron chi connectivity index (χ3n) is 1.68. The monoisotopic (exact) mass is 236 g/mol. The van der Waals surface area contributed by atoms with E-state index in [1.807, 2.05) is 0 Å². The molecule has 0 amide bonds. The van der Waals surface area contributed by atoms with E-state index in [1.165, 1.54) is 32.4 Å². The van der Waals surface area contributed by atoms with Crippen molar-refractivity contribution in [3.8, 4) is 6.07 Å². The molecule has 3 N–H and O–H groups in total. The van der Waals surface area contributed by atoms with Crippen molar-refractivity contribution in [3.05, 3.63) is 0 Å². The second kappa shape index (κ2) is 8.84. The van der Waals surface area contributed by atoms with Crippen molar-refractivity contribution in [1.82, 2.24) is 5.32 Å². The number of nitriles is 1. The number of hydrogen-bond acceptors (Lipinski definition) is 4. The summed E-state index contributed by atoms with van der Waals surface area (Å²) >= 11 is 0. The maximum atomic E-state index is 9.87. The quantitative estimate of drug-likeness (QED) is 0.494. The highest BCUT2D eigenvalue weighted by atomic mass is 31.2. The SMILES string of the molecule is C1CCNCC1.N#CCCOP(=O)(O)O. The first-order chi connectivity index (χ1) is 7.06. The zero-order chi connectivity index (χ0) is 11.6. The van der Waals surface area contributed by atoms with Crippen LogP contribution in [-0.4, -0.2) is 29.5 Å². The fourth-order valence-corrected chi connectivity index (χ4v) is 1.34. The van der Waals surface area contributed by atoms with Gasteiger partial charge >= 0.3 is 7.82 Å². The molecule has 88 valence electrons. The van der Waals surface area contributed by atoms with Gasteiger partial charge in [0.2, 0.25) is 0 Å². The minimum atomic E-state index is -4.35. The molecule has 0 radical (unpaired) electrons. The van der Waals surface area contributed by atoms with Gasteiger partial charge < -0.3 is 15.1 Å². The third-order valence-corrected chi connectivity index (χ3v) is 2.20. The molecule has 0 saturated carbocycles. The number of phosphoric ester groups is 1. The van der Waals surface area contributed by atoms with Gasteiger partial charge in [0.05, 0.1) is 19.1 Å². The van der Waals surface area contributed by atoms with Crippen LogP contribution in [-0.2, 0) is 9.09 Å². The van der Waals surface area contributed by atoms with Crippen molar-refractivity contribution in [2.24, 2.45) is 0 Å². The Kier molecular flexibility index (Phi) is 8.58. The van der Waals surface area contributed by atoms with Gasteiger partial charge in [-0.05, 0) is 25.9 Å². The van der Waals surface area contributed by atoms with Crippen LogP contribution in [0.1, 0.15) is 25.7 Å². The lowest BCUT2D eigenvalue weighted by Crippen LogP contribution is -2.21. The summed E-state index contributed by atoms with van der Waals surface area (Å²) < 4.78 is 13.8. The second-order valence-electron chi connectivity index (χ2n) is 3.04. The number of nitrogens with one attached hydrogen (secondary N) is 1. The van der Waals surface area contributed by atoms with Gasteiger partial charge in [-0.15, -0.1) is 0 Å². The lowest BCUT2D eigenvalue weighted by Gasteiger charge is -2.08. The van der Waals surface area contributed by atoms with Gasteiger partial charge in [-0.25, -0.2) is 4.57 Å². The largest absolute Gasteiger partial charge is 0.469 e. The zero-order valence-corrected chi connectivity index (χ0v) is 9.45. The molecular formula is C8H17N2O4P. The maximum Gasteiger partial charge on any atom is 0.469 e. The van der Waals surface area contributed by atoms with Crippen molar-refractivity contribution in [2.75, 3.05) is 19.7 Å². The summed E-state index contributed by atoms with van der Waals surface area (Å²) in [5.41, 5.74) is 0. The number of rotatable bonds is 3. The van der Waals surface area contributed by atoms with Crippen molar-refractivity contribution in [1.29, 1.82) is 5.26 Å². The smallest absolute Gasteiger partial charge is 0.317 e. The van der Waals surface area contributed by atoms with E-state index in [0.29, 0.717) is 0 Å². The molecule has 6 nitrogen and oxygen atoms in total. The molecular weight excluding hydrogens is 219 g/mol. The molecule has 15 heavy (non-hydrogen) atoms. The predicted octanol–water partition coefficient (Wildman–Crippen LogP) is 0.769. The lowest BCUT2D eigenvalue weighted by molar-refractivity contribution is 0.201. The van der Waals surface area contributed by atoms with Crippen LogP contribution >= 0.6 is 7.82 Å². The zero-order valence-electron chi connectivity index (χ0n) is 8.56. The summed E-state index contributed by atoms with van der Waals surface area (Å²) in [7, 11) is -4.35. The highest BCUT2D eigenvalue weighted by molar-refractivity contribution is 7.46. The molecule has 1 fully saturated rings. The van der Waals surface area contributed by atoms with Gasteiger partial charge in [-0.2, -0.15) is 5.26 Å². The van der Waals surface area contributed by atoms with Crippen molar-refractivity contribution in [3.63, 3.8) is 0 Å². The Balaban J connectivity index is 0.000000280. The molecule has 0 bridgehead atoms. The normalized spacial score (nSPS) is 16.1. The molecule has 0 spiro atoms. The Bertz CT molecular complexity index is 220. The minimum Gasteiger partial charge on any atom is -0.317 e. The average Bonchev–Trinajstić information content (AvgIpc) is 2.20. The van der Waals surface area contributed by atoms with Gasteiger partial charge in [0.1, 0.15) is 0 Å². The van der Waals surface area contributed by atoms with Gasteiger partial charge in [0, 0.05) is 0 Å². The van der Waals surface area contributed by atoms with Crippen LogP contribution in [0.3, 0.4) is 0 Å². The first kappa shape index (κ1) is 14.6. The Labute approximate surface area is 89.5 Å². The number of phosphoric acid groups is 1. The fourth-order valence-electron chi connectivity index (χ4n) is 1.01. The second-order valence-corrected chi connectivity index (χ2v) is 4.28. The van der Waals surface area contributed by atoms with Crippen molar-refractivity contribution in [2.45, 2.75) is 25.7 Å². The first-order valence-corrected chi connectivity index (χ1v) is 6.37. The summed E-state index contributed by atoms with van der Waals surface area (Å²) in [5.74, 6) is 0. The van der Waals surface area contributed by atoms with Gasteiger partial charge in [-0.3, -0.25) is 4.52 Å². The fraction of sp³-hybridized carbons (Fsp3) is 0.875. The molecule has 0 unspecified atom stereocenters. The van der Waals surface area contributed by atoms with E-state index in [4.69, 9.17) is 15.0 Å². The summed E-state index contributed by atoms with van der Waals surface area (Å²) in [5, 5.41) is 11.2. The minimum absolute atomic E-state index is 0.00882. The molecule has 7 heteroatoms. The Morgan fingerprint density at radius 1 is 1.33 bits per heavy atom. The molecule has 0 aromatic rings. The summed E-state index contributed by atoms with van der Waals surface area (Å²) in [6, 6.07) is 1.67. The molecule has 1 aliphatic rings. The molecule has 1 aliphatic heterocycles. The lowest BCUT2D eigenvalue weighted by atomic mass is 10.2. The van der Waals surface area contributed by atoms with Gasteiger partial charge in [-0.1, -0.05) is 6.42 Å². The van der Waals surface area contributed by atoms with E-state index in [1.54, 1.807) is 6.07 Å². The topological polar surface area (TPSA) is 103 Å². The Morgan fingerprint density at radius 3 is 2.20 bits per heavy atom. The summed E-state index contributed by atoms with van der Waals surface area (Å²) in [6.07, 6.45) is 4.21. The summed E-state index contributed by atoms with van der Waals surface area (Å²) in [6.45, 7) is 2.28. The van der Waals surface area contributed by atoms with E-state index in [2.05, 4.69) is 9.84 Å². The molecule has 1 rings (SSSR count). The van der Waals surface area contributed by atoms with Crippen molar-refractivity contribution >= 4 is 7.82 Å². The Morgan fingerprint density at radius 2 is 1.93 bits per heavy atom. The van der Waals surface area contributed by atoms with E-state index < -0.39 is 7.82 Å². The van der Waals surface area contributed by atoms with Crippen LogP contribution in [0, 0.1) is 11.3 Å². The maximum absolute atomic E-state index is 9.87. The van der Waals surface area contributed by atoms with Crippen LogP contribution in [0.5, 0.6) is 0 Å². The van der Waals surface area contributed by atoms with Crippen LogP contribution < -0.4 is 5.32 Å². The predicted molar refractivity (Wildman–Crippen MR) is 54.9 cm³/mol. The van der Waals surface area contributed by atoms with E-state index in [0.717, 1.165) is 0 Å². The van der Waals surface area contributed by atoms with Crippen LogP contribution in [0.25, 0.3) is 0 Å². The van der Waals surface area contributed by atoms with E-state index in [-0.39, 0.29) is 13.0 Å². The highest BCUT2D eigenvalue weighted by Crippen LogP contribution is 2.35. The van der Waals surface area contributed by atoms with Gasteiger partial charge in [0.25, 0.3) is 0 Å². The van der Waals surface area contributed by atoms with Crippen LogP contribution in [0.2, 0.25) is 0 Å². The van der Waals surface area contributed by atoms with Crippen LogP contribution in [0.15, 0.2) is 0 Å². The standard InChI is InChI=1S/C5H11N.C3H6NO4P/c1-2-4-6-5-3-1;4-2-1-3-8-9(5,6)7/h6H,1-5H2;1,3H2,(H2,5,6,7). The van der Waals surface area contributed by atoms with E-state index in [9.17, 15) is 4.57 Å². The Hall–Kier alpha value is -0.440. The number of nitrogens with zero attached hydrogens (tertiary/aromatic N) is 1. The molecule has 0 aliphatic carbocycles. The molecule has 1 saturated heterocycles. The van der Waals surface area contributed by atoms with Gasteiger partial charge in [0.15, 0.2) is 0 Å². The van der Waals surface area contributed by atoms with E-state index >= 15 is 0 Å². The molecule has 0 aromatic carbocycles. The van der Waals surface area contributed by atoms with Crippen LogP contribution in [0.4, 0.5) is 0 Å². The number of piperidine rings is 1. The number of hydrogen-bond donors (Lipinski definition) is 3. The third kappa shape index (κ3) is 13.6. The average molecular weight is 236 g/mol. The molecule has 1 heterocycles. The highest BCUT2D eigenvalue weighted by Gasteiger charge is 2.11. The molecule has 0 aromatic heterocycles. The summed E-state index contributed by atoms with van der Waals surface area (Å²) in [4.78, 5) is 16.0. The van der Waals surface area contributed by atoms with Crippen molar-refractivity contribution < 1.29 is 18.9 Å².